The smallest absolute Gasteiger partial charge is 0.149 e. The van der Waals surface area contributed by atoms with Crippen LogP contribution in [0, 0.1) is 0 Å². The van der Waals surface area contributed by atoms with Crippen molar-refractivity contribution in [3.05, 3.63) is 193 Å². The molecule has 0 aliphatic heterocycles. The Bertz CT molecular complexity index is 2890. The molecule has 0 spiro atoms. The Kier molecular flexibility index (Phi) is 7.60. The van der Waals surface area contributed by atoms with Crippen molar-refractivity contribution in [3.8, 4) is 78.6 Å². The minimum absolute atomic E-state index is 0.191. The van der Waals surface area contributed by atoms with Crippen molar-refractivity contribution in [2.24, 2.45) is 0 Å². The second kappa shape index (κ2) is 12.8. The van der Waals surface area contributed by atoms with E-state index in [2.05, 4.69) is 146 Å². The first-order chi connectivity index (χ1) is 27.0. The van der Waals surface area contributed by atoms with Gasteiger partial charge in [-0.25, -0.2) is 4.98 Å². The van der Waals surface area contributed by atoms with Gasteiger partial charge in [0, 0.05) is 28.4 Å². The molecule has 1 aliphatic rings. The number of hydrogen-bond acceptors (Lipinski definition) is 3. The Labute approximate surface area is 320 Å². The minimum Gasteiger partial charge on any atom is -0.507 e. The topological polar surface area (TPSA) is 50.9 Å². The van der Waals surface area contributed by atoms with Crippen LogP contribution in [0.2, 0.25) is 0 Å². The molecule has 0 saturated heterocycles. The van der Waals surface area contributed by atoms with E-state index in [4.69, 9.17) is 9.97 Å². The van der Waals surface area contributed by atoms with E-state index in [1.165, 1.54) is 33.4 Å². The van der Waals surface area contributed by atoms with E-state index in [-0.39, 0.29) is 11.2 Å². The van der Waals surface area contributed by atoms with Crippen LogP contribution in [0.1, 0.15) is 25.0 Å². The number of aromatic nitrogens is 3. The number of nitrogens with zero attached hydrogens (tertiary/aromatic N) is 3. The summed E-state index contributed by atoms with van der Waals surface area (Å²) in [5.41, 5.74) is 17.0. The number of aromatic hydroxyl groups is 1. The fourth-order valence-electron chi connectivity index (χ4n) is 8.54. The lowest BCUT2D eigenvalue weighted by atomic mass is 9.78. The summed E-state index contributed by atoms with van der Waals surface area (Å²) in [5.74, 6) is 0.881. The van der Waals surface area contributed by atoms with Gasteiger partial charge in [0.2, 0.25) is 0 Å². The summed E-state index contributed by atoms with van der Waals surface area (Å²) >= 11 is 0. The highest BCUT2D eigenvalue weighted by Crippen LogP contribution is 2.54. The van der Waals surface area contributed by atoms with Crippen LogP contribution >= 0.6 is 0 Å². The molecule has 0 atom stereocenters. The third kappa shape index (κ3) is 5.37. The molecule has 1 N–H and O–H groups in total. The van der Waals surface area contributed by atoms with E-state index in [0.29, 0.717) is 11.4 Å². The highest BCUT2D eigenvalue weighted by Gasteiger charge is 2.38. The van der Waals surface area contributed by atoms with Gasteiger partial charge in [-0.15, -0.1) is 0 Å². The number of fused-ring (bicyclic) bond motifs is 4. The van der Waals surface area contributed by atoms with E-state index in [1.807, 2.05) is 48.7 Å². The Balaban J connectivity index is 1.19. The van der Waals surface area contributed by atoms with Crippen LogP contribution in [-0.4, -0.2) is 19.6 Å². The average Bonchev–Trinajstić information content (AvgIpc) is 3.74. The van der Waals surface area contributed by atoms with Crippen molar-refractivity contribution in [3.63, 3.8) is 0 Å². The van der Waals surface area contributed by atoms with Gasteiger partial charge in [-0.2, -0.15) is 0 Å². The molecule has 262 valence electrons. The van der Waals surface area contributed by atoms with E-state index in [0.717, 1.165) is 50.2 Å². The van der Waals surface area contributed by atoms with Gasteiger partial charge in [-0.1, -0.05) is 135 Å². The quantitative estimate of drug-likeness (QED) is 0.187. The number of rotatable bonds is 6. The van der Waals surface area contributed by atoms with Crippen LogP contribution < -0.4 is 0 Å². The molecule has 10 rings (SSSR count). The van der Waals surface area contributed by atoms with Crippen molar-refractivity contribution >= 4 is 11.0 Å². The molecule has 0 bridgehead atoms. The van der Waals surface area contributed by atoms with E-state index in [1.54, 1.807) is 6.07 Å². The molecule has 0 radical (unpaired) electrons. The number of phenolic OH excluding ortho intramolecular Hbond substituents is 1. The number of benzene rings is 7. The number of para-hydroxylation sites is 3. The molecule has 9 aromatic rings. The van der Waals surface area contributed by atoms with Gasteiger partial charge in [0.25, 0.3) is 0 Å². The number of phenols is 1. The molecule has 0 saturated carbocycles. The number of pyridine rings is 1. The number of imidazole rings is 1. The van der Waals surface area contributed by atoms with E-state index in [9.17, 15) is 5.11 Å². The predicted molar refractivity (Wildman–Crippen MR) is 225 cm³/mol. The highest BCUT2D eigenvalue weighted by molar-refractivity contribution is 6.01. The van der Waals surface area contributed by atoms with Crippen LogP contribution in [0.4, 0.5) is 0 Å². The largest absolute Gasteiger partial charge is 0.507 e. The normalized spacial score (nSPS) is 12.8. The molecule has 55 heavy (non-hydrogen) atoms. The van der Waals surface area contributed by atoms with Crippen molar-refractivity contribution in [2.45, 2.75) is 19.3 Å². The molecule has 2 aromatic heterocycles. The van der Waals surface area contributed by atoms with Gasteiger partial charge in [-0.3, -0.25) is 9.55 Å². The fourth-order valence-corrected chi connectivity index (χ4v) is 8.54. The third-order valence-electron chi connectivity index (χ3n) is 11.2. The van der Waals surface area contributed by atoms with Crippen molar-refractivity contribution in [1.29, 1.82) is 0 Å². The van der Waals surface area contributed by atoms with Crippen LogP contribution in [0.15, 0.2) is 182 Å². The summed E-state index contributed by atoms with van der Waals surface area (Å²) in [4.78, 5) is 10.4. The molecular weight excluding hydrogens is 671 g/mol. The summed E-state index contributed by atoms with van der Waals surface area (Å²) in [6.07, 6.45) is 1.92. The zero-order chi connectivity index (χ0) is 37.1. The molecule has 4 heteroatoms. The van der Waals surface area contributed by atoms with Gasteiger partial charge >= 0.3 is 0 Å². The van der Waals surface area contributed by atoms with Crippen LogP contribution in [0.3, 0.4) is 0 Å². The maximum atomic E-state index is 11.1. The van der Waals surface area contributed by atoms with Crippen molar-refractivity contribution in [2.75, 3.05) is 0 Å². The van der Waals surface area contributed by atoms with Gasteiger partial charge < -0.3 is 5.11 Å². The molecule has 2 heterocycles. The first-order valence-electron chi connectivity index (χ1n) is 18.7. The van der Waals surface area contributed by atoms with E-state index < -0.39 is 0 Å². The zero-order valence-corrected chi connectivity index (χ0v) is 30.6. The van der Waals surface area contributed by atoms with Crippen LogP contribution in [0.25, 0.3) is 83.9 Å². The summed E-state index contributed by atoms with van der Waals surface area (Å²) in [6, 6.07) is 61.1. The summed E-state index contributed by atoms with van der Waals surface area (Å²) in [6.45, 7) is 4.66. The van der Waals surface area contributed by atoms with Gasteiger partial charge in [0.15, 0.2) is 0 Å². The lowest BCUT2D eigenvalue weighted by Crippen LogP contribution is -2.16. The monoisotopic (exact) mass is 707 g/mol. The minimum atomic E-state index is -0.264. The Morgan fingerprint density at radius 3 is 1.84 bits per heavy atom. The second-order valence-corrected chi connectivity index (χ2v) is 14.8. The highest BCUT2D eigenvalue weighted by atomic mass is 16.3. The lowest BCUT2D eigenvalue weighted by Gasteiger charge is -2.25. The van der Waals surface area contributed by atoms with Crippen molar-refractivity contribution in [1.82, 2.24) is 14.5 Å². The molecule has 4 nitrogen and oxygen atoms in total. The fraction of sp³-hybridized carbons (Fsp3) is 0.0588. The maximum absolute atomic E-state index is 11.1. The van der Waals surface area contributed by atoms with Crippen molar-refractivity contribution < 1.29 is 5.11 Å². The lowest BCUT2D eigenvalue weighted by molar-refractivity contribution is 0.477. The molecule has 7 aromatic carbocycles. The summed E-state index contributed by atoms with van der Waals surface area (Å²) in [5, 5.41) is 11.1. The Hall–Kier alpha value is -7.04. The van der Waals surface area contributed by atoms with Crippen LogP contribution in [0.5, 0.6) is 5.75 Å². The molecular formula is C51H37N3O. The first-order valence-corrected chi connectivity index (χ1v) is 18.7. The standard InChI is InChI=1S/C51H37N3O/c1-51(2)44-21-11-9-18-39(44)42-30-37(45-32-36(28-29-52-45)35-26-24-34(25-27-35)33-14-5-3-6-15-33)31-43(48(42)51)40-20-13-22-46-49(40)53-50(41-19-10-12-23-47(41)55)54(46)38-16-7-4-8-17-38/h3-32,55H,1-2H3. The predicted octanol–water partition coefficient (Wildman–Crippen LogP) is 12.8. The zero-order valence-electron chi connectivity index (χ0n) is 30.6. The maximum Gasteiger partial charge on any atom is 0.149 e. The van der Waals surface area contributed by atoms with Gasteiger partial charge in [0.1, 0.15) is 11.6 Å². The van der Waals surface area contributed by atoms with Gasteiger partial charge in [0.05, 0.1) is 22.3 Å². The summed E-state index contributed by atoms with van der Waals surface area (Å²) < 4.78 is 2.16. The molecule has 1 aliphatic carbocycles. The van der Waals surface area contributed by atoms with Crippen LogP contribution in [-0.2, 0) is 5.41 Å². The SMILES string of the molecule is CC1(C)c2ccccc2-c2cc(-c3cc(-c4ccc(-c5ccccc5)cc4)ccn3)cc(-c3cccc4c3nc(-c3ccccc3O)n4-c3ccccc3)c21. The Morgan fingerprint density at radius 2 is 1.09 bits per heavy atom. The summed E-state index contributed by atoms with van der Waals surface area (Å²) in [7, 11) is 0. The molecule has 0 fully saturated rings. The van der Waals surface area contributed by atoms with Gasteiger partial charge in [-0.05, 0) is 105 Å². The average molecular weight is 708 g/mol. The first kappa shape index (κ1) is 32.6. The third-order valence-corrected chi connectivity index (χ3v) is 11.2. The molecule has 0 amide bonds. The Morgan fingerprint density at radius 1 is 0.491 bits per heavy atom. The number of hydrogen-bond donors (Lipinski definition) is 1. The molecule has 0 unspecified atom stereocenters. The van der Waals surface area contributed by atoms with E-state index >= 15 is 0 Å². The second-order valence-electron chi connectivity index (χ2n) is 14.8.